The summed E-state index contributed by atoms with van der Waals surface area (Å²) in [6.07, 6.45) is 1.86. The summed E-state index contributed by atoms with van der Waals surface area (Å²) >= 11 is 3.40. The molecule has 2 N–H and O–H groups in total. The molecule has 3 aromatic rings. The Balaban J connectivity index is 2.04. The molecule has 3 rings (SSSR count). The van der Waals surface area contributed by atoms with Gasteiger partial charge < -0.3 is 4.57 Å². The second-order valence-electron chi connectivity index (χ2n) is 6.38. The number of halogens is 1. The van der Waals surface area contributed by atoms with Crippen LogP contribution >= 0.6 is 15.9 Å². The van der Waals surface area contributed by atoms with Crippen molar-refractivity contribution in [2.24, 2.45) is 5.14 Å². The van der Waals surface area contributed by atoms with E-state index in [4.69, 9.17) is 5.14 Å². The average molecular weight is 456 g/mol. The highest BCUT2D eigenvalue weighted by Crippen LogP contribution is 2.26. The second kappa shape index (κ2) is 7.76. The van der Waals surface area contributed by atoms with Gasteiger partial charge in [-0.3, -0.25) is 0 Å². The maximum atomic E-state index is 11.5. The van der Waals surface area contributed by atoms with Crippen molar-refractivity contribution in [3.63, 3.8) is 0 Å². The smallest absolute Gasteiger partial charge is 0.238 e. The molecule has 28 heavy (non-hydrogen) atoms. The Morgan fingerprint density at radius 2 is 1.71 bits per heavy atom. The van der Waals surface area contributed by atoms with Gasteiger partial charge in [0.2, 0.25) is 10.0 Å². The third-order valence-corrected chi connectivity index (χ3v) is 5.93. The lowest BCUT2D eigenvalue weighted by atomic mass is 10.0. The Bertz CT molecular complexity index is 1200. The molecule has 0 radical (unpaired) electrons. The molecule has 0 saturated carbocycles. The van der Waals surface area contributed by atoms with Crippen molar-refractivity contribution in [2.45, 2.75) is 18.7 Å². The molecule has 0 aliphatic heterocycles. The van der Waals surface area contributed by atoms with E-state index >= 15 is 0 Å². The minimum atomic E-state index is -3.73. The predicted molar refractivity (Wildman–Crippen MR) is 114 cm³/mol. The first-order chi connectivity index (χ1) is 13.2. The van der Waals surface area contributed by atoms with Crippen LogP contribution in [0.3, 0.4) is 0 Å². The van der Waals surface area contributed by atoms with E-state index in [0.29, 0.717) is 5.57 Å². The van der Waals surface area contributed by atoms with E-state index in [0.717, 1.165) is 32.7 Å². The minimum absolute atomic E-state index is 0.0702. The number of allylic oxidation sites excluding steroid dienone is 1. The molecular formula is C21H18BrN3O2S. The quantitative estimate of drug-likeness (QED) is 0.584. The van der Waals surface area contributed by atoms with E-state index in [9.17, 15) is 13.7 Å². The molecule has 0 fully saturated rings. The van der Waals surface area contributed by atoms with E-state index in [-0.39, 0.29) is 4.90 Å². The van der Waals surface area contributed by atoms with Crippen molar-refractivity contribution in [3.05, 3.63) is 81.6 Å². The molecule has 0 bridgehead atoms. The van der Waals surface area contributed by atoms with E-state index in [2.05, 4.69) is 22.0 Å². The fraction of sp³-hybridized carbons (Fsp3) is 0.0952. The summed E-state index contributed by atoms with van der Waals surface area (Å²) in [5, 5.41) is 14.8. The number of sulfonamides is 1. The zero-order valence-electron chi connectivity index (χ0n) is 15.3. The minimum Gasteiger partial charge on any atom is -0.318 e. The number of benzene rings is 2. The zero-order valence-corrected chi connectivity index (χ0v) is 17.8. The Kier molecular flexibility index (Phi) is 5.57. The number of rotatable bonds is 4. The lowest BCUT2D eigenvalue weighted by Crippen LogP contribution is -2.12. The summed E-state index contributed by atoms with van der Waals surface area (Å²) in [6, 6.07) is 18.3. The Morgan fingerprint density at radius 1 is 1.11 bits per heavy atom. The third-order valence-electron chi connectivity index (χ3n) is 4.47. The Labute approximate surface area is 172 Å². The van der Waals surface area contributed by atoms with Gasteiger partial charge in [-0.2, -0.15) is 5.26 Å². The number of nitrogens with zero attached hydrogens (tertiary/aromatic N) is 2. The lowest BCUT2D eigenvalue weighted by molar-refractivity contribution is 0.598. The van der Waals surface area contributed by atoms with Crippen LogP contribution in [0.2, 0.25) is 0 Å². The molecular weight excluding hydrogens is 438 g/mol. The second-order valence-corrected chi connectivity index (χ2v) is 8.85. The molecule has 7 heteroatoms. The Hall–Kier alpha value is -2.66. The number of hydrogen-bond donors (Lipinski definition) is 1. The molecule has 1 heterocycles. The van der Waals surface area contributed by atoms with Gasteiger partial charge in [-0.05, 0) is 73.5 Å². The summed E-state index contributed by atoms with van der Waals surface area (Å²) in [5.41, 5.74) is 5.08. The number of primary sulfonamides is 1. The van der Waals surface area contributed by atoms with Crippen LogP contribution in [0.1, 0.15) is 22.5 Å². The largest absolute Gasteiger partial charge is 0.318 e. The first-order valence-corrected chi connectivity index (χ1v) is 10.7. The van der Waals surface area contributed by atoms with Crippen molar-refractivity contribution in [3.8, 4) is 11.8 Å². The van der Waals surface area contributed by atoms with E-state index in [1.807, 2.05) is 54.8 Å². The zero-order chi connectivity index (χ0) is 20.5. The van der Waals surface area contributed by atoms with Gasteiger partial charge in [-0.1, -0.05) is 28.1 Å². The van der Waals surface area contributed by atoms with Gasteiger partial charge in [0.05, 0.1) is 16.5 Å². The molecule has 0 spiro atoms. The number of hydrogen-bond acceptors (Lipinski definition) is 3. The SMILES string of the molecule is Cc1cc(C=C(C#N)c2ccc(Br)cc2)c(C)n1-c1ccc(S(N)(=O)=O)cc1. The number of nitriles is 1. The van der Waals surface area contributed by atoms with Crippen LogP contribution in [0.25, 0.3) is 17.3 Å². The van der Waals surface area contributed by atoms with Crippen molar-refractivity contribution in [1.29, 1.82) is 5.26 Å². The van der Waals surface area contributed by atoms with Crippen molar-refractivity contribution < 1.29 is 8.42 Å². The van der Waals surface area contributed by atoms with E-state index in [1.165, 1.54) is 12.1 Å². The van der Waals surface area contributed by atoms with Crippen LogP contribution in [0.15, 0.2) is 64.0 Å². The maximum absolute atomic E-state index is 11.5. The normalized spacial score (nSPS) is 12.0. The molecule has 0 unspecified atom stereocenters. The first kappa shape index (κ1) is 20.1. The fourth-order valence-electron chi connectivity index (χ4n) is 3.08. The van der Waals surface area contributed by atoms with Gasteiger partial charge in [0.1, 0.15) is 0 Å². The topological polar surface area (TPSA) is 88.9 Å². The number of nitrogens with two attached hydrogens (primary N) is 1. The standard InChI is InChI=1S/C21H18BrN3O2S/c1-14-11-17(12-18(13-23)16-3-5-19(22)6-4-16)15(2)25(14)20-7-9-21(10-8-20)28(24,26)27/h3-12H,1-2H3,(H2,24,26,27). The predicted octanol–water partition coefficient (Wildman–Crippen LogP) is 4.57. The molecule has 0 amide bonds. The van der Waals surface area contributed by atoms with Crippen LogP contribution in [-0.4, -0.2) is 13.0 Å². The van der Waals surface area contributed by atoms with Gasteiger partial charge in [-0.15, -0.1) is 0 Å². The van der Waals surface area contributed by atoms with E-state index < -0.39 is 10.0 Å². The molecule has 142 valence electrons. The molecule has 1 aromatic heterocycles. The fourth-order valence-corrected chi connectivity index (χ4v) is 3.86. The van der Waals surface area contributed by atoms with Crippen LogP contribution in [-0.2, 0) is 10.0 Å². The number of aryl methyl sites for hydroxylation is 1. The molecule has 2 aromatic carbocycles. The van der Waals surface area contributed by atoms with E-state index in [1.54, 1.807) is 12.1 Å². The molecule has 0 atom stereocenters. The van der Waals surface area contributed by atoms with Gasteiger partial charge in [0.25, 0.3) is 0 Å². The lowest BCUT2D eigenvalue weighted by Gasteiger charge is -2.10. The van der Waals surface area contributed by atoms with Crippen molar-refractivity contribution >= 4 is 37.6 Å². The summed E-state index contributed by atoms with van der Waals surface area (Å²) in [7, 11) is -3.73. The van der Waals surface area contributed by atoms with Crippen LogP contribution in [0.4, 0.5) is 0 Å². The highest BCUT2D eigenvalue weighted by atomic mass is 79.9. The molecule has 0 saturated heterocycles. The van der Waals surface area contributed by atoms with Crippen LogP contribution < -0.4 is 5.14 Å². The summed E-state index contributed by atoms with van der Waals surface area (Å²) < 4.78 is 25.9. The summed E-state index contributed by atoms with van der Waals surface area (Å²) in [5.74, 6) is 0. The monoisotopic (exact) mass is 455 g/mol. The van der Waals surface area contributed by atoms with Gasteiger partial charge in [0.15, 0.2) is 0 Å². The van der Waals surface area contributed by atoms with Crippen LogP contribution in [0.5, 0.6) is 0 Å². The van der Waals surface area contributed by atoms with Crippen LogP contribution in [0, 0.1) is 25.2 Å². The van der Waals surface area contributed by atoms with Gasteiger partial charge >= 0.3 is 0 Å². The molecule has 0 aliphatic carbocycles. The Morgan fingerprint density at radius 3 is 2.25 bits per heavy atom. The van der Waals surface area contributed by atoms with Gasteiger partial charge in [0, 0.05) is 21.5 Å². The first-order valence-electron chi connectivity index (χ1n) is 8.40. The van der Waals surface area contributed by atoms with Gasteiger partial charge in [-0.25, -0.2) is 13.6 Å². The van der Waals surface area contributed by atoms with Crippen molar-refractivity contribution in [1.82, 2.24) is 4.57 Å². The van der Waals surface area contributed by atoms with Crippen molar-refractivity contribution in [2.75, 3.05) is 0 Å². The maximum Gasteiger partial charge on any atom is 0.238 e. The summed E-state index contributed by atoms with van der Waals surface area (Å²) in [6.45, 7) is 3.92. The third kappa shape index (κ3) is 4.09. The molecule has 5 nitrogen and oxygen atoms in total. The average Bonchev–Trinajstić information content (AvgIpc) is 2.93. The highest BCUT2D eigenvalue weighted by Gasteiger charge is 2.13. The summed E-state index contributed by atoms with van der Waals surface area (Å²) in [4.78, 5) is 0.0702. The molecule has 0 aliphatic rings. The highest BCUT2D eigenvalue weighted by molar-refractivity contribution is 9.10. The number of aromatic nitrogens is 1.